The number of methoxy groups -OCH3 is 1. The van der Waals surface area contributed by atoms with Crippen LogP contribution in [-0.2, 0) is 4.79 Å². The Kier molecular flexibility index (Phi) is 12.4. The molecule has 5 aliphatic rings. The van der Waals surface area contributed by atoms with Crippen molar-refractivity contribution in [2.75, 3.05) is 93.5 Å². The van der Waals surface area contributed by atoms with Gasteiger partial charge in [-0.1, -0.05) is 25.3 Å². The van der Waals surface area contributed by atoms with Gasteiger partial charge < -0.3 is 35.4 Å². The molecule has 4 amide bonds. The molecule has 1 unspecified atom stereocenters. The summed E-state index contributed by atoms with van der Waals surface area (Å²) in [6.45, 7) is 4.36. The van der Waals surface area contributed by atoms with E-state index in [2.05, 4.69) is 30.8 Å². The van der Waals surface area contributed by atoms with E-state index in [9.17, 15) is 19.2 Å². The number of nitrogens with zero attached hydrogens (tertiary/aromatic N) is 7. The maximum Gasteiger partial charge on any atom is 0.342 e. The first-order valence-corrected chi connectivity index (χ1v) is 21.4. The number of ether oxygens (including phenoxy) is 1. The van der Waals surface area contributed by atoms with E-state index in [1.807, 2.05) is 12.1 Å². The number of piperazine rings is 1. The molecule has 0 spiro atoms. The second kappa shape index (κ2) is 17.8. The second-order valence-electron chi connectivity index (χ2n) is 16.5. The number of imide groups is 1. The van der Waals surface area contributed by atoms with E-state index < -0.39 is 30.1 Å². The number of aromatic nitrogens is 2. The SMILES string of the molecule is COc1cc(C(=O)N2CCN(CCCCCNc3cccc4c3C(=O)N(C3CCCNC3)C4=O)CC2)c(F)cc1Nc1ncc2c(n1)N(C1CCCC1)CC(F)(F)C(=O)N2C. The van der Waals surface area contributed by atoms with Crippen molar-refractivity contribution in [1.29, 1.82) is 0 Å². The van der Waals surface area contributed by atoms with Gasteiger partial charge in [0.1, 0.15) is 17.3 Å². The van der Waals surface area contributed by atoms with E-state index in [4.69, 9.17) is 4.74 Å². The largest absolute Gasteiger partial charge is 0.495 e. The molecule has 1 aromatic heterocycles. The number of nitrogens with one attached hydrogen (secondary N) is 3. The van der Waals surface area contributed by atoms with Crippen molar-refractivity contribution >= 4 is 52.5 Å². The quantitative estimate of drug-likeness (QED) is 0.155. The summed E-state index contributed by atoms with van der Waals surface area (Å²) >= 11 is 0. The number of fused-ring (bicyclic) bond motifs is 2. The van der Waals surface area contributed by atoms with Gasteiger partial charge in [-0.3, -0.25) is 29.0 Å². The molecule has 3 N–H and O–H groups in total. The summed E-state index contributed by atoms with van der Waals surface area (Å²) in [5.74, 6) is -6.29. The Morgan fingerprint density at radius 1 is 0.967 bits per heavy atom. The number of benzene rings is 2. The number of hydrogen-bond donors (Lipinski definition) is 3. The van der Waals surface area contributed by atoms with Gasteiger partial charge in [0.15, 0.2) is 5.82 Å². The van der Waals surface area contributed by atoms with Gasteiger partial charge in [-0.05, 0) is 69.8 Å². The lowest BCUT2D eigenvalue weighted by Crippen LogP contribution is -2.49. The summed E-state index contributed by atoms with van der Waals surface area (Å²) in [7, 11) is 2.67. The summed E-state index contributed by atoms with van der Waals surface area (Å²) in [4.78, 5) is 69.3. The molecule has 61 heavy (non-hydrogen) atoms. The highest BCUT2D eigenvalue weighted by molar-refractivity contribution is 6.24. The number of amides is 4. The first kappa shape index (κ1) is 42.2. The van der Waals surface area contributed by atoms with E-state index in [1.165, 1.54) is 36.2 Å². The lowest BCUT2D eigenvalue weighted by Gasteiger charge is -2.35. The predicted octanol–water partition coefficient (Wildman–Crippen LogP) is 5.12. The van der Waals surface area contributed by atoms with E-state index in [0.717, 1.165) is 69.0 Å². The second-order valence-corrected chi connectivity index (χ2v) is 16.5. The van der Waals surface area contributed by atoms with Crippen LogP contribution in [0.15, 0.2) is 36.5 Å². The highest BCUT2D eigenvalue weighted by Crippen LogP contribution is 2.40. The molecule has 2 saturated heterocycles. The zero-order valence-electron chi connectivity index (χ0n) is 34.7. The van der Waals surface area contributed by atoms with Crippen LogP contribution in [0, 0.1) is 5.82 Å². The van der Waals surface area contributed by atoms with Gasteiger partial charge in [-0.2, -0.15) is 13.8 Å². The van der Waals surface area contributed by atoms with Gasteiger partial charge in [0, 0.05) is 64.1 Å². The Labute approximate surface area is 353 Å². The molecule has 1 aliphatic carbocycles. The number of rotatable bonds is 13. The molecule has 15 nitrogen and oxygen atoms in total. The average molecular weight is 847 g/mol. The normalized spacial score (nSPS) is 20.8. The smallest absolute Gasteiger partial charge is 0.342 e. The molecule has 1 atom stereocenters. The summed E-state index contributed by atoms with van der Waals surface area (Å²) in [5, 5.41) is 9.62. The first-order chi connectivity index (χ1) is 29.4. The fourth-order valence-electron chi connectivity index (χ4n) is 9.25. The maximum absolute atomic E-state index is 15.7. The van der Waals surface area contributed by atoms with Gasteiger partial charge in [-0.15, -0.1) is 0 Å². The third kappa shape index (κ3) is 8.56. The Morgan fingerprint density at radius 2 is 1.74 bits per heavy atom. The minimum absolute atomic E-state index is 0.00949. The van der Waals surface area contributed by atoms with Gasteiger partial charge in [0.05, 0.1) is 48.3 Å². The van der Waals surface area contributed by atoms with Crippen molar-refractivity contribution in [2.45, 2.75) is 75.8 Å². The molecule has 1 saturated carbocycles. The standard InChI is InChI=1S/C43H53F3N10O5/c1-52-34-25-49-42(51-37(34)55(27-10-4-5-11-27)26-43(45,46)41(52)60)50-33-23-31(44)30(22-35(33)61-2)38(57)54-20-18-53(19-21-54)17-7-3-6-16-48-32-14-8-13-29-36(32)40(59)56(39(29)58)28-12-9-15-47-24-28/h8,13-14,22-23,25,27-28,47-48H,3-7,9-12,15-21,24,26H2,1-2H3,(H,49,50,51). The summed E-state index contributed by atoms with van der Waals surface area (Å²) in [5.41, 5.74) is 1.76. The van der Waals surface area contributed by atoms with Crippen molar-refractivity contribution < 1.29 is 37.1 Å². The average Bonchev–Trinajstić information content (AvgIpc) is 3.88. The molecule has 18 heteroatoms. The molecule has 3 aromatic rings. The number of carbonyl (C=O) groups excluding carboxylic acids is 4. The van der Waals surface area contributed by atoms with Gasteiger partial charge in [0.2, 0.25) is 5.95 Å². The Bertz CT molecular complexity index is 2160. The Hall–Kier alpha value is -5.49. The van der Waals surface area contributed by atoms with Crippen molar-refractivity contribution in [1.82, 2.24) is 30.0 Å². The lowest BCUT2D eigenvalue weighted by atomic mass is 10.1. The van der Waals surface area contributed by atoms with Crippen LogP contribution in [0.2, 0.25) is 0 Å². The third-order valence-corrected chi connectivity index (χ3v) is 12.6. The highest BCUT2D eigenvalue weighted by atomic mass is 19.3. The number of alkyl halides is 2. The van der Waals surface area contributed by atoms with Crippen LogP contribution in [0.5, 0.6) is 5.75 Å². The van der Waals surface area contributed by atoms with E-state index in [1.54, 1.807) is 11.0 Å². The van der Waals surface area contributed by atoms with Crippen molar-refractivity contribution in [3.63, 3.8) is 0 Å². The van der Waals surface area contributed by atoms with Crippen LogP contribution in [0.4, 0.5) is 42.0 Å². The predicted molar refractivity (Wildman–Crippen MR) is 224 cm³/mol. The van der Waals surface area contributed by atoms with Crippen molar-refractivity contribution in [2.24, 2.45) is 0 Å². The van der Waals surface area contributed by atoms with Crippen LogP contribution >= 0.6 is 0 Å². The molecule has 5 heterocycles. The Balaban J connectivity index is 0.825. The summed E-state index contributed by atoms with van der Waals surface area (Å²) in [6, 6.07) is 7.53. The maximum atomic E-state index is 15.7. The highest BCUT2D eigenvalue weighted by Gasteiger charge is 2.49. The van der Waals surface area contributed by atoms with Crippen molar-refractivity contribution in [3.8, 4) is 5.75 Å². The number of unbranched alkanes of at least 4 members (excludes halogenated alkanes) is 2. The topological polar surface area (TPSA) is 156 Å². The van der Waals surface area contributed by atoms with Gasteiger partial charge >= 0.3 is 5.92 Å². The van der Waals surface area contributed by atoms with Crippen molar-refractivity contribution in [3.05, 3.63) is 59.0 Å². The minimum atomic E-state index is -3.62. The summed E-state index contributed by atoms with van der Waals surface area (Å²) < 4.78 is 51.4. The number of hydrogen-bond acceptors (Lipinski definition) is 12. The number of anilines is 5. The van der Waals surface area contributed by atoms with E-state index in [-0.39, 0.29) is 58.4 Å². The molecule has 8 rings (SSSR count). The molecular formula is C43H53F3N10O5. The van der Waals surface area contributed by atoms with Crippen LogP contribution in [0.3, 0.4) is 0 Å². The molecule has 0 radical (unpaired) electrons. The summed E-state index contributed by atoms with van der Waals surface area (Å²) in [6.07, 6.45) is 8.94. The first-order valence-electron chi connectivity index (χ1n) is 21.4. The molecular weight excluding hydrogens is 794 g/mol. The zero-order valence-corrected chi connectivity index (χ0v) is 34.7. The third-order valence-electron chi connectivity index (χ3n) is 12.6. The molecule has 326 valence electrons. The van der Waals surface area contributed by atoms with Crippen LogP contribution in [0.1, 0.15) is 88.9 Å². The molecule has 4 aliphatic heterocycles. The Morgan fingerprint density at radius 3 is 2.48 bits per heavy atom. The fraction of sp³-hybridized carbons (Fsp3) is 0.535. The minimum Gasteiger partial charge on any atom is -0.495 e. The monoisotopic (exact) mass is 846 g/mol. The van der Waals surface area contributed by atoms with Gasteiger partial charge in [-0.25, -0.2) is 9.37 Å². The van der Waals surface area contributed by atoms with Crippen LogP contribution in [0.25, 0.3) is 0 Å². The number of halogens is 3. The lowest BCUT2D eigenvalue weighted by molar-refractivity contribution is -0.140. The zero-order chi connectivity index (χ0) is 42.8. The number of piperidine rings is 1. The fourth-order valence-corrected chi connectivity index (χ4v) is 9.25. The number of carbonyl (C=O) groups is 4. The molecule has 3 fully saturated rings. The molecule has 2 aromatic carbocycles. The van der Waals surface area contributed by atoms with E-state index >= 15 is 13.2 Å². The van der Waals surface area contributed by atoms with E-state index in [0.29, 0.717) is 68.9 Å². The van der Waals surface area contributed by atoms with Gasteiger partial charge in [0.25, 0.3) is 23.6 Å². The van der Waals surface area contributed by atoms with Crippen LogP contribution < -0.4 is 30.5 Å². The van der Waals surface area contributed by atoms with Crippen LogP contribution in [-0.4, -0.2) is 139 Å². The molecule has 0 bridgehead atoms.